The number of nitrogens with zero attached hydrogens (tertiary/aromatic N) is 1. The lowest BCUT2D eigenvalue weighted by Gasteiger charge is -2.11. The number of aromatic amines is 1. The van der Waals surface area contributed by atoms with E-state index in [2.05, 4.69) is 20.6 Å². The first-order chi connectivity index (χ1) is 16.8. The highest BCUT2D eigenvalue weighted by Gasteiger charge is 2.13. The molecule has 3 N–H and O–H groups in total. The van der Waals surface area contributed by atoms with Crippen molar-refractivity contribution in [3.8, 4) is 5.75 Å². The van der Waals surface area contributed by atoms with E-state index in [0.717, 1.165) is 46.5 Å². The minimum Gasteiger partial charge on any atom is -0.495 e. The summed E-state index contributed by atoms with van der Waals surface area (Å²) in [5.41, 5.74) is 5.79. The molecular formula is C28H30N4O3. The summed E-state index contributed by atoms with van der Waals surface area (Å²) in [6.07, 6.45) is 1.53. The summed E-state index contributed by atoms with van der Waals surface area (Å²) in [5.74, 6) is 1.21. The molecule has 0 saturated carbocycles. The molecule has 4 rings (SSSR count). The quantitative estimate of drug-likeness (QED) is 0.316. The maximum absolute atomic E-state index is 12.9. The largest absolute Gasteiger partial charge is 0.495 e. The Kier molecular flexibility index (Phi) is 7.15. The molecule has 0 radical (unpaired) electrons. The molecule has 0 aliphatic rings. The van der Waals surface area contributed by atoms with Crippen LogP contribution in [0.1, 0.15) is 41.2 Å². The SMILES string of the molecule is COc1ccc(C)cc1NC(=O)c1ccc2nc(CCc3ccc(NC(=O)C(C)C)cc3)[nH]c2c1. The van der Waals surface area contributed by atoms with Crippen LogP contribution in [0, 0.1) is 12.8 Å². The van der Waals surface area contributed by atoms with Crippen molar-refractivity contribution in [3.63, 3.8) is 0 Å². The van der Waals surface area contributed by atoms with Gasteiger partial charge in [0.1, 0.15) is 11.6 Å². The van der Waals surface area contributed by atoms with Crippen LogP contribution < -0.4 is 15.4 Å². The minimum absolute atomic E-state index is 0.00564. The Bertz CT molecular complexity index is 1360. The highest BCUT2D eigenvalue weighted by molar-refractivity contribution is 6.06. The van der Waals surface area contributed by atoms with Crippen LogP contribution in [-0.2, 0) is 17.6 Å². The molecule has 0 aliphatic carbocycles. The molecule has 0 saturated heterocycles. The molecule has 0 bridgehead atoms. The number of imidazole rings is 1. The van der Waals surface area contributed by atoms with Crippen molar-refractivity contribution in [1.82, 2.24) is 9.97 Å². The standard InChI is InChI=1S/C28H30N4O3/c1-17(2)27(33)29-21-10-6-19(7-11-21)8-14-26-30-22-12-9-20(16-23(22)31-26)28(34)32-24-15-18(3)5-13-25(24)35-4/h5-7,9-13,15-17H,8,14H2,1-4H3,(H,29,33)(H,30,31)(H,32,34). The number of anilines is 2. The second kappa shape index (κ2) is 10.4. The predicted molar refractivity (Wildman–Crippen MR) is 139 cm³/mol. The number of aryl methyl sites for hydroxylation is 3. The Hall–Kier alpha value is -4.13. The van der Waals surface area contributed by atoms with Crippen LogP contribution in [0.4, 0.5) is 11.4 Å². The highest BCUT2D eigenvalue weighted by atomic mass is 16.5. The summed E-state index contributed by atoms with van der Waals surface area (Å²) in [6, 6.07) is 19.0. The van der Waals surface area contributed by atoms with Gasteiger partial charge in [-0.15, -0.1) is 0 Å². The fourth-order valence-electron chi connectivity index (χ4n) is 3.74. The third-order valence-corrected chi connectivity index (χ3v) is 5.79. The monoisotopic (exact) mass is 470 g/mol. The molecule has 1 heterocycles. The maximum Gasteiger partial charge on any atom is 0.255 e. The number of hydrogen-bond donors (Lipinski definition) is 3. The van der Waals surface area contributed by atoms with Gasteiger partial charge < -0.3 is 20.4 Å². The van der Waals surface area contributed by atoms with Gasteiger partial charge in [-0.1, -0.05) is 32.0 Å². The molecule has 0 unspecified atom stereocenters. The molecule has 3 aromatic carbocycles. The molecule has 35 heavy (non-hydrogen) atoms. The fraction of sp³-hybridized carbons (Fsp3) is 0.250. The zero-order chi connectivity index (χ0) is 24.9. The predicted octanol–water partition coefficient (Wildman–Crippen LogP) is 5.51. The van der Waals surface area contributed by atoms with E-state index >= 15 is 0 Å². The van der Waals surface area contributed by atoms with Gasteiger partial charge in [-0.3, -0.25) is 9.59 Å². The molecule has 0 aliphatic heterocycles. The normalized spacial score (nSPS) is 11.0. The summed E-state index contributed by atoms with van der Waals surface area (Å²) < 4.78 is 5.36. The van der Waals surface area contributed by atoms with Gasteiger partial charge in [0.2, 0.25) is 5.91 Å². The van der Waals surface area contributed by atoms with Crippen molar-refractivity contribution >= 4 is 34.2 Å². The zero-order valence-corrected chi connectivity index (χ0v) is 20.4. The zero-order valence-electron chi connectivity index (χ0n) is 20.4. The summed E-state index contributed by atoms with van der Waals surface area (Å²) in [6.45, 7) is 5.70. The first kappa shape index (κ1) is 24.0. The second-order valence-corrected chi connectivity index (χ2v) is 8.91. The molecule has 0 spiro atoms. The van der Waals surface area contributed by atoms with Gasteiger partial charge >= 0.3 is 0 Å². The van der Waals surface area contributed by atoms with Crippen molar-refractivity contribution < 1.29 is 14.3 Å². The second-order valence-electron chi connectivity index (χ2n) is 8.91. The summed E-state index contributed by atoms with van der Waals surface area (Å²) >= 11 is 0. The topological polar surface area (TPSA) is 96.1 Å². The molecule has 0 fully saturated rings. The van der Waals surface area contributed by atoms with Crippen LogP contribution in [0.2, 0.25) is 0 Å². The number of rotatable bonds is 8. The van der Waals surface area contributed by atoms with Gasteiger partial charge in [0, 0.05) is 23.6 Å². The minimum atomic E-state index is -0.211. The Morgan fingerprint density at radius 3 is 2.46 bits per heavy atom. The van der Waals surface area contributed by atoms with E-state index in [1.807, 2.05) is 75.4 Å². The highest BCUT2D eigenvalue weighted by Crippen LogP contribution is 2.26. The number of aromatic nitrogens is 2. The number of carbonyl (C=O) groups excluding carboxylic acids is 2. The number of nitrogens with one attached hydrogen (secondary N) is 3. The molecular weight excluding hydrogens is 440 g/mol. The molecule has 180 valence electrons. The first-order valence-electron chi connectivity index (χ1n) is 11.7. The van der Waals surface area contributed by atoms with Gasteiger partial charge in [-0.05, 0) is 66.9 Å². The smallest absolute Gasteiger partial charge is 0.255 e. The van der Waals surface area contributed by atoms with Crippen LogP contribution in [0.3, 0.4) is 0 Å². The summed E-state index contributed by atoms with van der Waals surface area (Å²) in [7, 11) is 1.58. The molecule has 2 amide bonds. The number of carbonyl (C=O) groups is 2. The number of H-pyrrole nitrogens is 1. The van der Waals surface area contributed by atoms with Crippen LogP contribution in [0.15, 0.2) is 60.7 Å². The number of hydrogen-bond acceptors (Lipinski definition) is 4. The van der Waals surface area contributed by atoms with Crippen LogP contribution in [0.25, 0.3) is 11.0 Å². The van der Waals surface area contributed by atoms with E-state index in [1.54, 1.807) is 13.2 Å². The van der Waals surface area contributed by atoms with Gasteiger partial charge in [-0.25, -0.2) is 4.98 Å². The van der Waals surface area contributed by atoms with Crippen molar-refractivity contribution in [2.24, 2.45) is 5.92 Å². The van der Waals surface area contributed by atoms with E-state index in [4.69, 9.17) is 4.74 Å². The number of benzene rings is 3. The first-order valence-corrected chi connectivity index (χ1v) is 11.7. The van der Waals surface area contributed by atoms with Crippen molar-refractivity contribution in [3.05, 3.63) is 83.2 Å². The molecule has 4 aromatic rings. The number of methoxy groups -OCH3 is 1. The van der Waals surface area contributed by atoms with Gasteiger partial charge in [-0.2, -0.15) is 0 Å². The Morgan fingerprint density at radius 2 is 1.74 bits per heavy atom. The van der Waals surface area contributed by atoms with Crippen molar-refractivity contribution in [2.45, 2.75) is 33.6 Å². The van der Waals surface area contributed by atoms with Crippen LogP contribution >= 0.6 is 0 Å². The van der Waals surface area contributed by atoms with E-state index in [-0.39, 0.29) is 17.7 Å². The van der Waals surface area contributed by atoms with E-state index in [9.17, 15) is 9.59 Å². The molecule has 0 atom stereocenters. The Balaban J connectivity index is 1.41. The van der Waals surface area contributed by atoms with E-state index < -0.39 is 0 Å². The van der Waals surface area contributed by atoms with E-state index in [0.29, 0.717) is 17.0 Å². The van der Waals surface area contributed by atoms with Crippen LogP contribution in [0.5, 0.6) is 5.75 Å². The average Bonchev–Trinajstić information content (AvgIpc) is 3.26. The molecule has 1 aromatic heterocycles. The van der Waals surface area contributed by atoms with Crippen molar-refractivity contribution in [2.75, 3.05) is 17.7 Å². The Morgan fingerprint density at radius 1 is 0.971 bits per heavy atom. The number of amides is 2. The average molecular weight is 471 g/mol. The Labute approximate surface area is 204 Å². The maximum atomic E-state index is 12.9. The summed E-state index contributed by atoms with van der Waals surface area (Å²) in [5, 5.41) is 5.84. The van der Waals surface area contributed by atoms with Crippen molar-refractivity contribution in [1.29, 1.82) is 0 Å². The number of ether oxygens (including phenoxy) is 1. The molecule has 7 nitrogen and oxygen atoms in total. The number of fused-ring (bicyclic) bond motifs is 1. The lowest BCUT2D eigenvalue weighted by molar-refractivity contribution is -0.118. The van der Waals surface area contributed by atoms with Gasteiger partial charge in [0.15, 0.2) is 0 Å². The lowest BCUT2D eigenvalue weighted by Crippen LogP contribution is -2.17. The molecule has 7 heteroatoms. The third kappa shape index (κ3) is 5.87. The third-order valence-electron chi connectivity index (χ3n) is 5.79. The summed E-state index contributed by atoms with van der Waals surface area (Å²) in [4.78, 5) is 32.7. The van der Waals surface area contributed by atoms with E-state index in [1.165, 1.54) is 0 Å². The van der Waals surface area contributed by atoms with Crippen LogP contribution in [-0.4, -0.2) is 28.9 Å². The lowest BCUT2D eigenvalue weighted by atomic mass is 10.1. The van der Waals surface area contributed by atoms with Gasteiger partial charge in [0.25, 0.3) is 5.91 Å². The fourth-order valence-corrected chi connectivity index (χ4v) is 3.74. The van der Waals surface area contributed by atoms with Gasteiger partial charge in [0.05, 0.1) is 23.8 Å².